The molecule has 3 heterocycles. The summed E-state index contributed by atoms with van der Waals surface area (Å²) in [6.45, 7) is 8.29. The topological polar surface area (TPSA) is 103 Å². The summed E-state index contributed by atoms with van der Waals surface area (Å²) in [5.41, 5.74) is 2.49. The summed E-state index contributed by atoms with van der Waals surface area (Å²) in [6, 6.07) is 0. The Morgan fingerprint density at radius 1 is 1.42 bits per heavy atom. The molecule has 0 aliphatic carbocycles. The number of Topliss-reactive ketones (excluding diaryl/α,β-unsaturated/α-hetero) is 2. The lowest BCUT2D eigenvalue weighted by Gasteiger charge is -2.12. The number of tetrazole rings is 1. The number of nitrogens with zero attached hydrogens (tertiary/aromatic N) is 4. The minimum Gasteiger partial charge on any atom is -0.376 e. The van der Waals surface area contributed by atoms with Gasteiger partial charge in [-0.15, -0.1) is 5.10 Å². The number of rotatable bonds is 7. The highest BCUT2D eigenvalue weighted by Crippen LogP contribution is 2.27. The maximum Gasteiger partial charge on any atom is 0.210 e. The first-order chi connectivity index (χ1) is 12.4. The Balaban J connectivity index is 1.73. The lowest BCUT2D eigenvalue weighted by molar-refractivity contribution is 0.0911. The predicted molar refractivity (Wildman–Crippen MR) is 96.7 cm³/mol. The van der Waals surface area contributed by atoms with Gasteiger partial charge in [-0.25, -0.2) is 4.68 Å². The normalized spacial score (nSPS) is 18.2. The van der Waals surface area contributed by atoms with Crippen molar-refractivity contribution in [2.24, 2.45) is 0 Å². The molecule has 1 fully saturated rings. The van der Waals surface area contributed by atoms with Crippen molar-refractivity contribution in [3.05, 3.63) is 22.5 Å². The van der Waals surface area contributed by atoms with Gasteiger partial charge in [-0.05, 0) is 56.5 Å². The van der Waals surface area contributed by atoms with Gasteiger partial charge in [0.1, 0.15) is 0 Å². The number of aromatic nitrogens is 5. The SMILES string of the molecule is CC(=O)c1c(C)[nH]c(C(=O)[C@@H](C)Sc2nnnn2C[C@@H]2CCCO2)c1C. The van der Waals surface area contributed by atoms with Crippen LogP contribution in [0.25, 0.3) is 0 Å². The van der Waals surface area contributed by atoms with Gasteiger partial charge in [0.05, 0.1) is 23.6 Å². The van der Waals surface area contributed by atoms with Gasteiger partial charge in [-0.3, -0.25) is 9.59 Å². The highest BCUT2D eigenvalue weighted by Gasteiger charge is 2.26. The number of hydrogen-bond acceptors (Lipinski definition) is 7. The van der Waals surface area contributed by atoms with Crippen LogP contribution in [-0.2, 0) is 11.3 Å². The molecule has 3 rings (SSSR count). The first-order valence-electron chi connectivity index (χ1n) is 8.67. The molecule has 0 amide bonds. The average molecular weight is 377 g/mol. The molecule has 9 heteroatoms. The molecule has 1 N–H and O–H groups in total. The zero-order valence-electron chi connectivity index (χ0n) is 15.4. The molecule has 0 unspecified atom stereocenters. The molecule has 1 aliphatic heterocycles. The second-order valence-corrected chi connectivity index (χ2v) is 7.89. The van der Waals surface area contributed by atoms with Gasteiger partial charge in [-0.1, -0.05) is 11.8 Å². The Bertz CT molecular complexity index is 822. The number of carbonyl (C=O) groups excluding carboxylic acids is 2. The number of ketones is 2. The molecule has 140 valence electrons. The first-order valence-corrected chi connectivity index (χ1v) is 9.55. The summed E-state index contributed by atoms with van der Waals surface area (Å²) >= 11 is 1.31. The van der Waals surface area contributed by atoms with Crippen LogP contribution in [0.15, 0.2) is 5.16 Å². The highest BCUT2D eigenvalue weighted by molar-refractivity contribution is 8.00. The number of nitrogens with one attached hydrogen (secondary N) is 1. The minimum atomic E-state index is -0.388. The Morgan fingerprint density at radius 2 is 2.19 bits per heavy atom. The molecule has 0 saturated carbocycles. The van der Waals surface area contributed by atoms with Crippen LogP contribution in [0.3, 0.4) is 0 Å². The van der Waals surface area contributed by atoms with Crippen LogP contribution in [0, 0.1) is 13.8 Å². The van der Waals surface area contributed by atoms with Crippen molar-refractivity contribution in [1.82, 2.24) is 25.2 Å². The lowest BCUT2D eigenvalue weighted by Crippen LogP contribution is -2.19. The van der Waals surface area contributed by atoms with Crippen molar-refractivity contribution in [2.45, 2.75) is 63.6 Å². The van der Waals surface area contributed by atoms with Gasteiger partial charge in [-0.2, -0.15) is 0 Å². The molecule has 2 aromatic rings. The van der Waals surface area contributed by atoms with Gasteiger partial charge in [0, 0.05) is 17.9 Å². The molecule has 0 spiro atoms. The quantitative estimate of drug-likeness (QED) is 0.583. The summed E-state index contributed by atoms with van der Waals surface area (Å²) in [5, 5.41) is 12.0. The standard InChI is InChI=1S/C17H23N5O3S/c1-9-14(11(3)23)10(2)18-15(9)16(24)12(4)26-17-19-20-21-22(17)8-13-6-5-7-25-13/h12-13,18H,5-8H2,1-4H3/t12-,13+/m1/s1. The molecule has 26 heavy (non-hydrogen) atoms. The lowest BCUT2D eigenvalue weighted by atomic mass is 10.0. The third-order valence-electron chi connectivity index (χ3n) is 4.59. The molecule has 2 atom stereocenters. The summed E-state index contributed by atoms with van der Waals surface area (Å²) in [7, 11) is 0. The second kappa shape index (κ2) is 7.71. The van der Waals surface area contributed by atoms with E-state index < -0.39 is 0 Å². The molecule has 0 radical (unpaired) electrons. The number of ether oxygens (including phenoxy) is 1. The van der Waals surface area contributed by atoms with E-state index in [9.17, 15) is 9.59 Å². The number of thioether (sulfide) groups is 1. The number of hydrogen-bond donors (Lipinski definition) is 1. The highest BCUT2D eigenvalue weighted by atomic mass is 32.2. The van der Waals surface area contributed by atoms with Crippen molar-refractivity contribution < 1.29 is 14.3 Å². The van der Waals surface area contributed by atoms with E-state index in [0.717, 1.165) is 25.1 Å². The second-order valence-electron chi connectivity index (χ2n) is 6.58. The van der Waals surface area contributed by atoms with Gasteiger partial charge < -0.3 is 9.72 Å². The van der Waals surface area contributed by atoms with Gasteiger partial charge in [0.2, 0.25) is 5.16 Å². The van der Waals surface area contributed by atoms with E-state index in [1.165, 1.54) is 18.7 Å². The Kier molecular flexibility index (Phi) is 5.57. The fourth-order valence-corrected chi connectivity index (χ4v) is 4.17. The van der Waals surface area contributed by atoms with E-state index in [2.05, 4.69) is 20.5 Å². The van der Waals surface area contributed by atoms with E-state index in [-0.39, 0.29) is 22.9 Å². The van der Waals surface area contributed by atoms with Crippen LogP contribution in [0.4, 0.5) is 0 Å². The van der Waals surface area contributed by atoms with E-state index in [1.807, 2.05) is 6.92 Å². The van der Waals surface area contributed by atoms with Gasteiger partial charge >= 0.3 is 0 Å². The largest absolute Gasteiger partial charge is 0.376 e. The maximum atomic E-state index is 12.9. The Morgan fingerprint density at radius 3 is 2.81 bits per heavy atom. The third kappa shape index (κ3) is 3.73. The molecular weight excluding hydrogens is 354 g/mol. The summed E-state index contributed by atoms with van der Waals surface area (Å²) in [6.07, 6.45) is 2.16. The zero-order valence-corrected chi connectivity index (χ0v) is 16.2. The van der Waals surface area contributed by atoms with Gasteiger partial charge in [0.25, 0.3) is 0 Å². The van der Waals surface area contributed by atoms with Crippen molar-refractivity contribution in [1.29, 1.82) is 0 Å². The van der Waals surface area contributed by atoms with E-state index in [1.54, 1.807) is 18.5 Å². The molecule has 0 aromatic carbocycles. The predicted octanol–water partition coefficient (Wildman–Crippen LogP) is 2.36. The number of aryl methyl sites for hydroxylation is 1. The van der Waals surface area contributed by atoms with Crippen molar-refractivity contribution in [2.75, 3.05) is 6.61 Å². The van der Waals surface area contributed by atoms with Crippen LogP contribution in [0.2, 0.25) is 0 Å². The van der Waals surface area contributed by atoms with Crippen LogP contribution < -0.4 is 0 Å². The summed E-state index contributed by atoms with van der Waals surface area (Å²) in [4.78, 5) is 27.7. The van der Waals surface area contributed by atoms with Crippen molar-refractivity contribution >= 4 is 23.3 Å². The van der Waals surface area contributed by atoms with Crippen molar-refractivity contribution in [3.63, 3.8) is 0 Å². The Hall–Kier alpha value is -2.00. The number of aromatic amines is 1. The fourth-order valence-electron chi connectivity index (χ4n) is 3.32. The van der Waals surface area contributed by atoms with Gasteiger partial charge in [0.15, 0.2) is 11.6 Å². The minimum absolute atomic E-state index is 0.0453. The van der Waals surface area contributed by atoms with Crippen molar-refractivity contribution in [3.8, 4) is 0 Å². The van der Waals surface area contributed by atoms with Crippen LogP contribution in [-0.4, -0.2) is 54.7 Å². The fraction of sp³-hybridized carbons (Fsp3) is 0.588. The molecule has 2 aromatic heterocycles. The van der Waals surface area contributed by atoms with Crippen LogP contribution >= 0.6 is 11.8 Å². The molecule has 1 saturated heterocycles. The average Bonchev–Trinajstić information content (AvgIpc) is 3.29. The third-order valence-corrected chi connectivity index (χ3v) is 5.66. The first kappa shape index (κ1) is 18.8. The monoisotopic (exact) mass is 377 g/mol. The summed E-state index contributed by atoms with van der Waals surface area (Å²) in [5.74, 6) is -0.120. The van der Waals surface area contributed by atoms with Crippen LogP contribution in [0.1, 0.15) is 58.8 Å². The van der Waals surface area contributed by atoms with Crippen LogP contribution in [0.5, 0.6) is 0 Å². The Labute approximate surface area is 156 Å². The smallest absolute Gasteiger partial charge is 0.210 e. The zero-order chi connectivity index (χ0) is 18.8. The molecular formula is C17H23N5O3S. The van der Waals surface area contributed by atoms with E-state index in [0.29, 0.717) is 28.5 Å². The maximum absolute atomic E-state index is 12.9. The summed E-state index contributed by atoms with van der Waals surface area (Å²) < 4.78 is 7.32. The van der Waals surface area contributed by atoms with E-state index in [4.69, 9.17) is 4.74 Å². The number of carbonyl (C=O) groups is 2. The molecule has 0 bridgehead atoms. The molecule has 8 nitrogen and oxygen atoms in total. The number of H-pyrrole nitrogens is 1. The van der Waals surface area contributed by atoms with E-state index >= 15 is 0 Å². The molecule has 1 aliphatic rings.